The summed E-state index contributed by atoms with van der Waals surface area (Å²) in [6.45, 7) is 6.01. The van der Waals surface area contributed by atoms with Gasteiger partial charge in [0.2, 0.25) is 11.8 Å². The molecule has 2 amide bonds. The minimum atomic E-state index is -0.599. The Hall–Kier alpha value is -2.55. The summed E-state index contributed by atoms with van der Waals surface area (Å²) in [5.41, 5.74) is 2.54. The number of carbonyl (C=O) groups is 2. The largest absolute Gasteiger partial charge is 0.372 e. The highest BCUT2D eigenvalue weighted by Gasteiger charge is 2.56. The van der Waals surface area contributed by atoms with Crippen molar-refractivity contribution in [1.29, 1.82) is 0 Å². The van der Waals surface area contributed by atoms with Gasteiger partial charge < -0.3 is 9.88 Å². The van der Waals surface area contributed by atoms with E-state index in [1.54, 1.807) is 24.3 Å². The Morgan fingerprint density at radius 3 is 2.27 bits per heavy atom. The molecule has 2 aromatic carbocycles. The van der Waals surface area contributed by atoms with Crippen LogP contribution in [-0.2, 0) is 9.59 Å². The maximum atomic E-state index is 13.7. The molecule has 1 saturated heterocycles. The second-order valence-corrected chi connectivity index (χ2v) is 10.6. The number of thioether (sulfide) groups is 1. The van der Waals surface area contributed by atoms with E-state index in [-0.39, 0.29) is 22.6 Å². The third kappa shape index (κ3) is 3.70. The Bertz CT molecular complexity index is 1270. The molecule has 0 spiro atoms. The molecule has 3 heterocycles. The molecule has 0 bridgehead atoms. The van der Waals surface area contributed by atoms with Crippen LogP contribution in [0.1, 0.15) is 30.2 Å². The monoisotopic (exact) mass is 499 g/mol. The van der Waals surface area contributed by atoms with Crippen molar-refractivity contribution in [1.82, 2.24) is 4.98 Å². The van der Waals surface area contributed by atoms with E-state index >= 15 is 0 Å². The Balaban J connectivity index is 1.59. The number of anilines is 2. The van der Waals surface area contributed by atoms with Gasteiger partial charge in [0.1, 0.15) is 5.25 Å². The number of amides is 2. The van der Waals surface area contributed by atoms with Crippen LogP contribution >= 0.6 is 34.7 Å². The molecular weight excluding hydrogens is 478 g/mol. The van der Waals surface area contributed by atoms with E-state index in [9.17, 15) is 14.4 Å². The van der Waals surface area contributed by atoms with Crippen LogP contribution in [0.3, 0.4) is 0 Å². The summed E-state index contributed by atoms with van der Waals surface area (Å²) in [5.74, 6) is -1.46. The molecular formula is C24H22ClN3O3S2. The third-order valence-corrected chi connectivity index (χ3v) is 8.94. The highest BCUT2D eigenvalue weighted by Crippen LogP contribution is 2.53. The first-order valence-electron chi connectivity index (χ1n) is 10.8. The fourth-order valence-electron chi connectivity index (χ4n) is 4.70. The highest BCUT2D eigenvalue weighted by molar-refractivity contribution is 8.00. The summed E-state index contributed by atoms with van der Waals surface area (Å²) in [6.07, 6.45) is 0. The van der Waals surface area contributed by atoms with Gasteiger partial charge in [-0.1, -0.05) is 46.8 Å². The summed E-state index contributed by atoms with van der Waals surface area (Å²) in [6, 6.07) is 14.8. The molecule has 170 valence electrons. The van der Waals surface area contributed by atoms with Crippen molar-refractivity contribution in [3.63, 3.8) is 0 Å². The van der Waals surface area contributed by atoms with Crippen molar-refractivity contribution in [2.75, 3.05) is 22.9 Å². The third-order valence-electron chi connectivity index (χ3n) is 6.29. The number of benzene rings is 2. The van der Waals surface area contributed by atoms with E-state index in [1.165, 1.54) is 16.7 Å². The van der Waals surface area contributed by atoms with Crippen LogP contribution in [-0.4, -0.2) is 35.1 Å². The van der Waals surface area contributed by atoms with Crippen molar-refractivity contribution >= 4 is 57.9 Å². The number of thiazole rings is 1. The molecule has 1 N–H and O–H groups in total. The van der Waals surface area contributed by atoms with E-state index in [0.717, 1.165) is 40.6 Å². The molecule has 2 aliphatic rings. The SMILES string of the molecule is CCN(CC)c1ccc([C@H]2c3sc(=O)[nH]c3SC3C(=O)N(c4ccc(Cl)cc4)C(=O)C32)cc1. The van der Waals surface area contributed by atoms with Crippen LogP contribution in [0, 0.1) is 5.92 Å². The Morgan fingerprint density at radius 2 is 1.64 bits per heavy atom. The number of H-pyrrole nitrogens is 1. The maximum absolute atomic E-state index is 13.7. The highest BCUT2D eigenvalue weighted by atomic mass is 35.5. The van der Waals surface area contributed by atoms with Crippen LogP contribution in [0.2, 0.25) is 5.02 Å². The second kappa shape index (κ2) is 8.66. The second-order valence-electron chi connectivity index (χ2n) is 8.00. The van der Waals surface area contributed by atoms with Gasteiger partial charge in [-0.15, -0.1) is 0 Å². The zero-order valence-corrected chi connectivity index (χ0v) is 20.5. The van der Waals surface area contributed by atoms with Gasteiger partial charge in [-0.2, -0.15) is 0 Å². The lowest BCUT2D eigenvalue weighted by atomic mass is 9.83. The van der Waals surface area contributed by atoms with Gasteiger partial charge in [0.25, 0.3) is 0 Å². The first-order valence-corrected chi connectivity index (χ1v) is 12.9. The predicted molar refractivity (Wildman–Crippen MR) is 134 cm³/mol. The van der Waals surface area contributed by atoms with E-state index in [4.69, 9.17) is 11.6 Å². The number of aromatic amines is 1. The normalized spacial score (nSPS) is 21.8. The van der Waals surface area contributed by atoms with Gasteiger partial charge >= 0.3 is 4.87 Å². The van der Waals surface area contributed by atoms with E-state index in [2.05, 4.69) is 23.7 Å². The van der Waals surface area contributed by atoms with Crippen LogP contribution < -0.4 is 14.7 Å². The van der Waals surface area contributed by atoms with Crippen molar-refractivity contribution < 1.29 is 9.59 Å². The Morgan fingerprint density at radius 1 is 0.970 bits per heavy atom. The van der Waals surface area contributed by atoms with Gasteiger partial charge in [-0.25, -0.2) is 4.90 Å². The number of rotatable bonds is 5. The first kappa shape index (κ1) is 22.3. The number of hydrogen-bond acceptors (Lipinski definition) is 6. The van der Waals surface area contributed by atoms with Crippen molar-refractivity contribution in [3.05, 3.63) is 73.7 Å². The molecule has 2 unspecified atom stereocenters. The van der Waals surface area contributed by atoms with E-state index < -0.39 is 11.2 Å². The zero-order valence-electron chi connectivity index (χ0n) is 18.1. The van der Waals surface area contributed by atoms with Crippen LogP contribution in [0.15, 0.2) is 58.4 Å². The fourth-order valence-corrected chi connectivity index (χ4v) is 7.34. The fraction of sp³-hybridized carbons (Fsp3) is 0.292. The molecule has 1 aromatic heterocycles. The molecule has 0 saturated carbocycles. The number of nitrogens with zero attached hydrogens (tertiary/aromatic N) is 2. The maximum Gasteiger partial charge on any atom is 0.305 e. The topological polar surface area (TPSA) is 73.5 Å². The molecule has 33 heavy (non-hydrogen) atoms. The lowest BCUT2D eigenvalue weighted by Crippen LogP contribution is -2.32. The predicted octanol–water partition coefficient (Wildman–Crippen LogP) is 4.73. The first-order chi connectivity index (χ1) is 15.9. The molecule has 2 aliphatic heterocycles. The molecule has 0 aliphatic carbocycles. The number of fused-ring (bicyclic) bond motifs is 2. The van der Waals surface area contributed by atoms with Gasteiger partial charge in [0, 0.05) is 34.6 Å². The van der Waals surface area contributed by atoms with Crippen molar-refractivity contribution in [2.45, 2.75) is 30.0 Å². The molecule has 9 heteroatoms. The lowest BCUT2D eigenvalue weighted by molar-refractivity contribution is -0.122. The number of nitrogens with one attached hydrogen (secondary N) is 1. The molecule has 6 nitrogen and oxygen atoms in total. The number of hydrogen-bond donors (Lipinski definition) is 1. The Kier molecular flexibility index (Phi) is 5.84. The molecule has 5 rings (SSSR count). The van der Waals surface area contributed by atoms with E-state index in [1.807, 2.05) is 24.3 Å². The summed E-state index contributed by atoms with van der Waals surface area (Å²) in [5, 5.41) is 0.622. The van der Waals surface area contributed by atoms with Gasteiger partial charge in [-0.3, -0.25) is 14.4 Å². The lowest BCUT2D eigenvalue weighted by Gasteiger charge is -2.30. The molecule has 1 fully saturated rings. The number of imide groups is 1. The molecule has 3 aromatic rings. The standard InChI is InChI=1S/C24H22ClN3O3S2/c1-3-27(4-2)15-9-5-13(6-10-15)17-18-20(32-21-19(17)33-24(31)26-21)23(30)28(22(18)29)16-11-7-14(25)8-12-16/h5-12,17-18,20H,3-4H2,1-2H3,(H,26,31)/t17-,18?,20?/m1/s1. The summed E-state index contributed by atoms with van der Waals surface area (Å²) >= 11 is 8.41. The van der Waals surface area contributed by atoms with Crippen LogP contribution in [0.5, 0.6) is 0 Å². The van der Waals surface area contributed by atoms with Gasteiger partial charge in [0.05, 0.1) is 16.6 Å². The quantitative estimate of drug-likeness (QED) is 0.514. The molecule has 3 atom stereocenters. The number of aromatic nitrogens is 1. The van der Waals surface area contributed by atoms with Crippen molar-refractivity contribution in [3.8, 4) is 0 Å². The summed E-state index contributed by atoms with van der Waals surface area (Å²) in [4.78, 5) is 46.3. The minimum Gasteiger partial charge on any atom is -0.372 e. The van der Waals surface area contributed by atoms with Crippen LogP contribution in [0.4, 0.5) is 11.4 Å². The zero-order chi connectivity index (χ0) is 23.3. The van der Waals surface area contributed by atoms with Gasteiger partial charge in [0.15, 0.2) is 0 Å². The number of halogens is 1. The average Bonchev–Trinajstić information content (AvgIpc) is 3.30. The summed E-state index contributed by atoms with van der Waals surface area (Å²) < 4.78 is 0. The van der Waals surface area contributed by atoms with Gasteiger partial charge in [-0.05, 0) is 55.8 Å². The smallest absolute Gasteiger partial charge is 0.305 e. The van der Waals surface area contributed by atoms with Crippen LogP contribution in [0.25, 0.3) is 0 Å². The minimum absolute atomic E-state index is 0.174. The summed E-state index contributed by atoms with van der Waals surface area (Å²) in [7, 11) is 0. The van der Waals surface area contributed by atoms with Crippen molar-refractivity contribution in [2.24, 2.45) is 5.92 Å². The number of carbonyl (C=O) groups excluding carboxylic acids is 2. The van der Waals surface area contributed by atoms with E-state index in [0.29, 0.717) is 15.7 Å². The Labute approximate surface area is 204 Å². The average molecular weight is 500 g/mol. The molecule has 0 radical (unpaired) electrons.